The Morgan fingerprint density at radius 3 is 2.20 bits per heavy atom. The molecule has 12 heteroatoms. The first kappa shape index (κ1) is 31.5. The van der Waals surface area contributed by atoms with Gasteiger partial charge < -0.3 is 33.9 Å². The van der Waals surface area contributed by atoms with Crippen molar-refractivity contribution in [3.8, 4) is 28.7 Å². The summed E-state index contributed by atoms with van der Waals surface area (Å²) in [6.07, 6.45) is 0. The van der Waals surface area contributed by atoms with E-state index in [0.29, 0.717) is 45.2 Å². The van der Waals surface area contributed by atoms with Gasteiger partial charge in [-0.2, -0.15) is 0 Å². The van der Waals surface area contributed by atoms with Crippen LogP contribution in [0, 0.1) is 13.8 Å². The van der Waals surface area contributed by atoms with Crippen LogP contribution in [0.2, 0.25) is 0 Å². The van der Waals surface area contributed by atoms with Crippen LogP contribution in [0.25, 0.3) is 0 Å². The Hall–Kier alpha value is -4.97. The van der Waals surface area contributed by atoms with Gasteiger partial charge in [0.05, 0.1) is 27.1 Å². The second-order valence-corrected chi connectivity index (χ2v) is 11.1. The first-order valence-electron chi connectivity index (χ1n) is 14.1. The van der Waals surface area contributed by atoms with E-state index in [-0.39, 0.29) is 25.0 Å². The van der Waals surface area contributed by atoms with Gasteiger partial charge >= 0.3 is 0 Å². The van der Waals surface area contributed by atoms with Crippen LogP contribution in [0.5, 0.6) is 28.7 Å². The minimum absolute atomic E-state index is 0.00600. The van der Waals surface area contributed by atoms with Crippen molar-refractivity contribution in [2.24, 2.45) is 0 Å². The second kappa shape index (κ2) is 14.2. The smallest absolute Gasteiger partial charge is 0.251 e. The predicted octanol–water partition coefficient (Wildman–Crippen LogP) is 5.35. The SMILES string of the molecule is COc1cc(C(C(=O)Nc2ccc3c(c2)OCO3)N(Cc2ccccc2)C(=O)CSc2nc(C)cc(C)n2)cc(OC)c1OC. The van der Waals surface area contributed by atoms with Crippen LogP contribution in [0.3, 0.4) is 0 Å². The van der Waals surface area contributed by atoms with E-state index in [4.69, 9.17) is 23.7 Å². The highest BCUT2D eigenvalue weighted by molar-refractivity contribution is 7.99. The summed E-state index contributed by atoms with van der Waals surface area (Å²) in [4.78, 5) is 39.0. The zero-order valence-corrected chi connectivity index (χ0v) is 26.5. The summed E-state index contributed by atoms with van der Waals surface area (Å²) in [5.74, 6) is 1.39. The van der Waals surface area contributed by atoms with Crippen LogP contribution >= 0.6 is 11.8 Å². The van der Waals surface area contributed by atoms with Gasteiger partial charge in [0.25, 0.3) is 5.91 Å². The molecule has 2 amide bonds. The van der Waals surface area contributed by atoms with Gasteiger partial charge in [-0.3, -0.25) is 9.59 Å². The van der Waals surface area contributed by atoms with Gasteiger partial charge in [-0.05, 0) is 55.3 Å². The molecule has 4 aromatic rings. The molecule has 0 saturated carbocycles. The summed E-state index contributed by atoms with van der Waals surface area (Å²) in [5.41, 5.74) is 3.38. The molecule has 0 fully saturated rings. The largest absolute Gasteiger partial charge is 0.493 e. The first-order valence-corrected chi connectivity index (χ1v) is 15.1. The van der Waals surface area contributed by atoms with Crippen molar-refractivity contribution in [3.63, 3.8) is 0 Å². The summed E-state index contributed by atoms with van der Waals surface area (Å²) < 4.78 is 27.7. The molecule has 11 nitrogen and oxygen atoms in total. The number of carbonyl (C=O) groups excluding carboxylic acids is 2. The van der Waals surface area contributed by atoms with Gasteiger partial charge in [0, 0.05) is 29.7 Å². The average Bonchev–Trinajstić information content (AvgIpc) is 3.51. The molecule has 0 aliphatic carbocycles. The molecule has 0 spiro atoms. The maximum atomic E-state index is 14.3. The summed E-state index contributed by atoms with van der Waals surface area (Å²) in [6.45, 7) is 4.00. The average molecular weight is 631 g/mol. The van der Waals surface area contributed by atoms with E-state index in [9.17, 15) is 9.59 Å². The highest BCUT2D eigenvalue weighted by atomic mass is 32.2. The molecule has 1 unspecified atom stereocenters. The number of anilines is 1. The Morgan fingerprint density at radius 2 is 1.56 bits per heavy atom. The van der Waals surface area contributed by atoms with E-state index in [1.54, 1.807) is 30.3 Å². The molecule has 0 saturated heterocycles. The Kier molecular flexibility index (Phi) is 9.93. The molecular formula is C33H34N4O7S. The van der Waals surface area contributed by atoms with E-state index in [1.165, 1.54) is 38.0 Å². The highest BCUT2D eigenvalue weighted by Gasteiger charge is 2.34. The number of ether oxygens (including phenoxy) is 5. The number of thioether (sulfide) groups is 1. The number of aromatic nitrogens is 2. The quantitative estimate of drug-likeness (QED) is 0.162. The van der Waals surface area contributed by atoms with Gasteiger partial charge in [-0.25, -0.2) is 9.97 Å². The molecular weight excluding hydrogens is 596 g/mol. The fourth-order valence-electron chi connectivity index (χ4n) is 4.99. The lowest BCUT2D eigenvalue weighted by atomic mass is 10.0. The van der Waals surface area contributed by atoms with E-state index in [0.717, 1.165) is 17.0 Å². The molecule has 1 N–H and O–H groups in total. The Bertz CT molecular complexity index is 1640. The highest BCUT2D eigenvalue weighted by Crippen LogP contribution is 2.42. The molecule has 1 aromatic heterocycles. The number of hydrogen-bond acceptors (Lipinski definition) is 10. The molecule has 5 rings (SSSR count). The van der Waals surface area contributed by atoms with Crippen molar-refractivity contribution in [3.05, 3.63) is 89.2 Å². The minimum atomic E-state index is -1.11. The normalized spacial score (nSPS) is 12.3. The number of hydrogen-bond donors (Lipinski definition) is 1. The maximum Gasteiger partial charge on any atom is 0.251 e. The Morgan fingerprint density at radius 1 is 0.889 bits per heavy atom. The van der Waals surface area contributed by atoms with Crippen molar-refractivity contribution in [2.45, 2.75) is 31.6 Å². The topological polar surface area (TPSA) is 121 Å². The number of rotatable bonds is 12. The number of fused-ring (bicyclic) bond motifs is 1. The van der Waals surface area contributed by atoms with Crippen molar-refractivity contribution < 1.29 is 33.3 Å². The monoisotopic (exact) mass is 630 g/mol. The standard InChI is InChI=1S/C33H34N4O7S/c1-20-13-21(2)35-33(34-20)45-18-29(38)37(17-22-9-7-6-8-10-22)30(23-14-27(40-3)31(42-5)28(15-23)41-4)32(39)36-24-11-12-25-26(16-24)44-19-43-25/h6-16,30H,17-19H2,1-5H3,(H,36,39). The number of methoxy groups -OCH3 is 3. The zero-order chi connectivity index (χ0) is 31.9. The van der Waals surface area contributed by atoms with E-state index in [1.807, 2.05) is 50.2 Å². The van der Waals surface area contributed by atoms with Crippen LogP contribution in [-0.4, -0.2) is 60.6 Å². The van der Waals surface area contributed by atoms with Crippen LogP contribution in [0.4, 0.5) is 5.69 Å². The van der Waals surface area contributed by atoms with Crippen LogP contribution in [-0.2, 0) is 16.1 Å². The molecule has 1 aliphatic heterocycles. The second-order valence-electron chi connectivity index (χ2n) is 10.1. The molecule has 1 aliphatic rings. The summed E-state index contributed by atoms with van der Waals surface area (Å²) >= 11 is 1.21. The maximum absolute atomic E-state index is 14.3. The van der Waals surface area contributed by atoms with Crippen molar-refractivity contribution in [1.29, 1.82) is 0 Å². The van der Waals surface area contributed by atoms with E-state index >= 15 is 0 Å². The molecule has 0 bridgehead atoms. The van der Waals surface area contributed by atoms with Crippen molar-refractivity contribution in [2.75, 3.05) is 39.2 Å². The first-order chi connectivity index (χ1) is 21.8. The van der Waals surface area contributed by atoms with Crippen LogP contribution in [0.1, 0.15) is 28.6 Å². The molecule has 0 radical (unpaired) electrons. The van der Waals surface area contributed by atoms with Gasteiger partial charge in [0.2, 0.25) is 18.4 Å². The number of carbonyl (C=O) groups is 2. The number of nitrogens with zero attached hydrogens (tertiary/aromatic N) is 3. The molecule has 234 valence electrons. The molecule has 45 heavy (non-hydrogen) atoms. The fraction of sp³-hybridized carbons (Fsp3) is 0.273. The van der Waals surface area contributed by atoms with E-state index in [2.05, 4.69) is 15.3 Å². The number of aryl methyl sites for hydroxylation is 2. The van der Waals surface area contributed by atoms with Gasteiger partial charge in [0.15, 0.2) is 28.2 Å². The third kappa shape index (κ3) is 7.40. The van der Waals surface area contributed by atoms with E-state index < -0.39 is 11.9 Å². The van der Waals surface area contributed by atoms with Gasteiger partial charge in [-0.15, -0.1) is 0 Å². The minimum Gasteiger partial charge on any atom is -0.493 e. The lowest BCUT2D eigenvalue weighted by Gasteiger charge is -2.32. The number of benzene rings is 3. The predicted molar refractivity (Wildman–Crippen MR) is 169 cm³/mol. The molecule has 1 atom stereocenters. The van der Waals surface area contributed by atoms with Crippen LogP contribution < -0.4 is 29.0 Å². The van der Waals surface area contributed by atoms with Gasteiger partial charge in [-0.1, -0.05) is 42.1 Å². The Balaban J connectivity index is 1.57. The lowest BCUT2D eigenvalue weighted by Crippen LogP contribution is -2.42. The summed E-state index contributed by atoms with van der Waals surface area (Å²) in [7, 11) is 4.49. The fourth-order valence-corrected chi connectivity index (χ4v) is 5.82. The van der Waals surface area contributed by atoms with Crippen LogP contribution in [0.15, 0.2) is 71.9 Å². The number of amides is 2. The van der Waals surface area contributed by atoms with Gasteiger partial charge in [0.1, 0.15) is 6.04 Å². The Labute approximate surface area is 265 Å². The van der Waals surface area contributed by atoms with Crippen molar-refractivity contribution in [1.82, 2.24) is 14.9 Å². The lowest BCUT2D eigenvalue weighted by molar-refractivity contribution is -0.137. The third-order valence-electron chi connectivity index (χ3n) is 7.01. The van der Waals surface area contributed by atoms with Crippen molar-refractivity contribution >= 4 is 29.3 Å². The summed E-state index contributed by atoms with van der Waals surface area (Å²) in [6, 6.07) is 18.7. The zero-order valence-electron chi connectivity index (χ0n) is 25.7. The number of nitrogens with one attached hydrogen (secondary N) is 1. The third-order valence-corrected chi connectivity index (χ3v) is 7.84. The molecule has 2 heterocycles. The molecule has 3 aromatic carbocycles. The summed E-state index contributed by atoms with van der Waals surface area (Å²) in [5, 5.41) is 3.45.